The van der Waals surface area contributed by atoms with Gasteiger partial charge in [-0.2, -0.15) is 11.3 Å². The van der Waals surface area contributed by atoms with E-state index >= 15 is 0 Å². The number of halogens is 1. The zero-order valence-corrected chi connectivity index (χ0v) is 13.2. The molecule has 0 atom stereocenters. The van der Waals surface area contributed by atoms with Gasteiger partial charge in [0.05, 0.1) is 0 Å². The topological polar surface area (TPSA) is 15.3 Å². The predicted octanol–water partition coefficient (Wildman–Crippen LogP) is 4.29. The maximum Gasteiger partial charge on any atom is 0.0471 e. The monoisotopic (exact) mass is 306 g/mol. The minimum absolute atomic E-state index is 0.696. The Morgan fingerprint density at radius 3 is 2.90 bits per heavy atom. The first-order valence-electron chi connectivity index (χ1n) is 6.97. The Kier molecular flexibility index (Phi) is 4.29. The molecule has 1 fully saturated rings. The maximum atomic E-state index is 6.39. The summed E-state index contributed by atoms with van der Waals surface area (Å²) in [5.74, 6) is 0. The molecule has 106 valence electrons. The second kappa shape index (κ2) is 6.17. The first-order chi connectivity index (χ1) is 9.74. The fraction of sp³-hybridized carbons (Fsp3) is 0.375. The van der Waals surface area contributed by atoms with Crippen LogP contribution in [0, 0.1) is 0 Å². The number of thiophene rings is 1. The van der Waals surface area contributed by atoms with Crippen LogP contribution in [0.5, 0.6) is 0 Å². The van der Waals surface area contributed by atoms with E-state index < -0.39 is 0 Å². The van der Waals surface area contributed by atoms with Crippen molar-refractivity contribution in [2.24, 2.45) is 0 Å². The summed E-state index contributed by atoms with van der Waals surface area (Å²) in [6, 6.07) is 9.03. The van der Waals surface area contributed by atoms with Gasteiger partial charge in [0.2, 0.25) is 0 Å². The first-order valence-corrected chi connectivity index (χ1v) is 8.29. The number of nitrogens with one attached hydrogen (secondary N) is 1. The number of nitrogens with zero attached hydrogens (tertiary/aromatic N) is 1. The average molecular weight is 307 g/mol. The van der Waals surface area contributed by atoms with Crippen molar-refractivity contribution in [2.45, 2.75) is 32.0 Å². The van der Waals surface area contributed by atoms with Crippen LogP contribution in [0.4, 0.5) is 5.69 Å². The molecule has 0 unspecified atom stereocenters. The van der Waals surface area contributed by atoms with Crippen molar-refractivity contribution in [3.8, 4) is 0 Å². The summed E-state index contributed by atoms with van der Waals surface area (Å²) in [5.41, 5.74) is 3.77. The van der Waals surface area contributed by atoms with Crippen LogP contribution in [-0.2, 0) is 13.1 Å². The standard InChI is InChI=1S/C16H19ClN2S/c1-19(10-12-7-8-20-11-12)16-4-2-3-15(17)14(16)9-18-13-5-6-13/h2-4,7-8,11,13,18H,5-6,9-10H2,1H3. The minimum atomic E-state index is 0.696. The van der Waals surface area contributed by atoms with Gasteiger partial charge in [0, 0.05) is 42.5 Å². The van der Waals surface area contributed by atoms with E-state index in [1.807, 2.05) is 12.1 Å². The Morgan fingerprint density at radius 2 is 2.20 bits per heavy atom. The van der Waals surface area contributed by atoms with Crippen LogP contribution < -0.4 is 10.2 Å². The summed E-state index contributed by atoms with van der Waals surface area (Å²) in [6.07, 6.45) is 2.59. The van der Waals surface area contributed by atoms with Crippen LogP contribution in [0.3, 0.4) is 0 Å². The van der Waals surface area contributed by atoms with E-state index in [1.165, 1.54) is 29.7 Å². The Labute approximate surface area is 129 Å². The average Bonchev–Trinajstić information content (AvgIpc) is 3.13. The predicted molar refractivity (Wildman–Crippen MR) is 87.7 cm³/mol. The van der Waals surface area contributed by atoms with Gasteiger partial charge in [0.15, 0.2) is 0 Å². The van der Waals surface area contributed by atoms with E-state index in [1.54, 1.807) is 11.3 Å². The molecule has 1 aliphatic rings. The van der Waals surface area contributed by atoms with Crippen molar-refractivity contribution < 1.29 is 0 Å². The van der Waals surface area contributed by atoms with Crippen LogP contribution in [0.15, 0.2) is 35.0 Å². The summed E-state index contributed by atoms with van der Waals surface area (Å²) >= 11 is 8.14. The highest BCUT2D eigenvalue weighted by Gasteiger charge is 2.21. The SMILES string of the molecule is CN(Cc1ccsc1)c1cccc(Cl)c1CNC1CC1. The van der Waals surface area contributed by atoms with Crippen molar-refractivity contribution in [3.63, 3.8) is 0 Å². The summed E-state index contributed by atoms with van der Waals surface area (Å²) in [6.45, 7) is 1.77. The molecule has 3 rings (SSSR count). The van der Waals surface area contributed by atoms with Gasteiger partial charge < -0.3 is 10.2 Å². The number of hydrogen-bond acceptors (Lipinski definition) is 3. The van der Waals surface area contributed by atoms with Crippen LogP contribution in [-0.4, -0.2) is 13.1 Å². The molecule has 2 aromatic rings. The van der Waals surface area contributed by atoms with E-state index in [9.17, 15) is 0 Å². The molecule has 1 aromatic heterocycles. The zero-order chi connectivity index (χ0) is 13.9. The van der Waals surface area contributed by atoms with E-state index in [0.717, 1.165) is 18.1 Å². The van der Waals surface area contributed by atoms with Gasteiger partial charge in [0.1, 0.15) is 0 Å². The molecule has 0 bridgehead atoms. The third kappa shape index (κ3) is 3.35. The lowest BCUT2D eigenvalue weighted by atomic mass is 10.1. The molecule has 1 aromatic carbocycles. The summed E-state index contributed by atoms with van der Waals surface area (Å²) in [7, 11) is 2.13. The smallest absolute Gasteiger partial charge is 0.0471 e. The Balaban J connectivity index is 1.77. The third-order valence-corrected chi connectivity index (χ3v) is 4.74. The largest absolute Gasteiger partial charge is 0.370 e. The molecule has 1 saturated carbocycles. The summed E-state index contributed by atoms with van der Waals surface area (Å²) < 4.78 is 0. The third-order valence-electron chi connectivity index (χ3n) is 3.65. The van der Waals surface area contributed by atoms with E-state index in [0.29, 0.717) is 6.04 Å². The van der Waals surface area contributed by atoms with Gasteiger partial charge in [-0.25, -0.2) is 0 Å². The van der Waals surface area contributed by atoms with Gasteiger partial charge in [0.25, 0.3) is 0 Å². The molecule has 0 radical (unpaired) electrons. The number of hydrogen-bond donors (Lipinski definition) is 1. The van der Waals surface area contributed by atoms with Crippen molar-refractivity contribution >= 4 is 28.6 Å². The Hall–Kier alpha value is -1.03. The summed E-state index contributed by atoms with van der Waals surface area (Å²) in [4.78, 5) is 2.28. The molecule has 2 nitrogen and oxygen atoms in total. The van der Waals surface area contributed by atoms with E-state index in [2.05, 4.69) is 40.2 Å². The van der Waals surface area contributed by atoms with Crippen molar-refractivity contribution in [1.29, 1.82) is 0 Å². The van der Waals surface area contributed by atoms with Crippen LogP contribution in [0.25, 0.3) is 0 Å². The fourth-order valence-electron chi connectivity index (χ4n) is 2.36. The van der Waals surface area contributed by atoms with Crippen molar-refractivity contribution in [2.75, 3.05) is 11.9 Å². The number of rotatable bonds is 6. The molecule has 20 heavy (non-hydrogen) atoms. The highest BCUT2D eigenvalue weighted by molar-refractivity contribution is 7.07. The molecule has 4 heteroatoms. The van der Waals surface area contributed by atoms with E-state index in [4.69, 9.17) is 11.6 Å². The number of anilines is 1. The zero-order valence-electron chi connectivity index (χ0n) is 11.6. The fourth-order valence-corrected chi connectivity index (χ4v) is 3.25. The highest BCUT2D eigenvalue weighted by atomic mass is 35.5. The van der Waals surface area contributed by atoms with Crippen LogP contribution in [0.2, 0.25) is 5.02 Å². The number of benzene rings is 1. The van der Waals surface area contributed by atoms with Crippen molar-refractivity contribution in [3.05, 3.63) is 51.2 Å². The van der Waals surface area contributed by atoms with Gasteiger partial charge in [-0.3, -0.25) is 0 Å². The molecule has 0 amide bonds. The molecule has 0 saturated heterocycles. The molecule has 1 N–H and O–H groups in total. The van der Waals surface area contributed by atoms with Gasteiger partial charge in [-0.15, -0.1) is 0 Å². The molecule has 1 aliphatic carbocycles. The van der Waals surface area contributed by atoms with Gasteiger partial charge >= 0.3 is 0 Å². The lowest BCUT2D eigenvalue weighted by molar-refractivity contribution is 0.685. The quantitative estimate of drug-likeness (QED) is 0.856. The van der Waals surface area contributed by atoms with Crippen molar-refractivity contribution in [1.82, 2.24) is 5.32 Å². The second-order valence-electron chi connectivity index (χ2n) is 5.38. The minimum Gasteiger partial charge on any atom is -0.370 e. The molecule has 0 spiro atoms. The Bertz CT molecular complexity index is 564. The molecular formula is C16H19ClN2S. The van der Waals surface area contributed by atoms with Gasteiger partial charge in [-0.05, 0) is 47.4 Å². The lowest BCUT2D eigenvalue weighted by Gasteiger charge is -2.23. The molecule has 0 aliphatic heterocycles. The normalized spacial score (nSPS) is 14.5. The Morgan fingerprint density at radius 1 is 1.35 bits per heavy atom. The second-order valence-corrected chi connectivity index (χ2v) is 6.57. The van der Waals surface area contributed by atoms with Crippen LogP contribution in [0.1, 0.15) is 24.0 Å². The highest BCUT2D eigenvalue weighted by Crippen LogP contribution is 2.29. The lowest BCUT2D eigenvalue weighted by Crippen LogP contribution is -2.21. The van der Waals surface area contributed by atoms with E-state index in [-0.39, 0.29) is 0 Å². The maximum absolute atomic E-state index is 6.39. The molecule has 1 heterocycles. The first kappa shape index (κ1) is 13.9. The van der Waals surface area contributed by atoms with Gasteiger partial charge in [-0.1, -0.05) is 17.7 Å². The van der Waals surface area contributed by atoms with Crippen LogP contribution >= 0.6 is 22.9 Å². The summed E-state index contributed by atoms with van der Waals surface area (Å²) in [5, 5.41) is 8.73. The molecular weight excluding hydrogens is 288 g/mol.